The quantitative estimate of drug-likeness (QED) is 0.343. The molecule has 4 N–H and O–H groups in total. The van der Waals surface area contributed by atoms with Crippen molar-refractivity contribution >= 4 is 11.6 Å². The Bertz CT molecular complexity index is 467. The maximum atomic E-state index is 5.58. The lowest BCUT2D eigenvalue weighted by Gasteiger charge is -2.20. The number of hydrogen-bond donors (Lipinski definition) is 3. The molecular weight excluding hydrogens is 252 g/mol. The van der Waals surface area contributed by atoms with Crippen molar-refractivity contribution in [3.05, 3.63) is 23.8 Å². The van der Waals surface area contributed by atoms with E-state index in [4.69, 9.17) is 10.6 Å². The monoisotopic (exact) mass is 276 g/mol. The van der Waals surface area contributed by atoms with E-state index >= 15 is 0 Å². The van der Waals surface area contributed by atoms with E-state index in [1.807, 2.05) is 25.1 Å². The topological polar surface area (TPSA) is 71.7 Å². The molecule has 0 aromatic heterocycles. The van der Waals surface area contributed by atoms with Crippen LogP contribution in [0.15, 0.2) is 23.2 Å². The summed E-state index contributed by atoms with van der Waals surface area (Å²) < 4.78 is 5.20. The van der Waals surface area contributed by atoms with E-state index in [2.05, 4.69) is 15.7 Å². The van der Waals surface area contributed by atoms with Gasteiger partial charge in [-0.15, -0.1) is 0 Å². The molecule has 1 aliphatic carbocycles. The van der Waals surface area contributed by atoms with E-state index in [0.717, 1.165) is 29.8 Å². The molecule has 1 fully saturated rings. The van der Waals surface area contributed by atoms with Crippen molar-refractivity contribution in [2.45, 2.75) is 45.1 Å². The highest BCUT2D eigenvalue weighted by Gasteiger charge is 2.13. The highest BCUT2D eigenvalue weighted by molar-refractivity contribution is 5.94. The zero-order valence-corrected chi connectivity index (χ0v) is 12.3. The van der Waals surface area contributed by atoms with Crippen molar-refractivity contribution in [2.24, 2.45) is 10.8 Å². The van der Waals surface area contributed by atoms with E-state index in [1.165, 1.54) is 19.3 Å². The maximum absolute atomic E-state index is 5.58. The molecule has 0 unspecified atom stereocenters. The summed E-state index contributed by atoms with van der Waals surface area (Å²) in [6.45, 7) is 2.03. The van der Waals surface area contributed by atoms with Crippen LogP contribution in [0.4, 0.5) is 5.69 Å². The smallest absolute Gasteiger partial charge is 0.210 e. The lowest BCUT2D eigenvalue weighted by atomic mass is 9.96. The van der Waals surface area contributed by atoms with Gasteiger partial charge in [-0.05, 0) is 43.5 Å². The van der Waals surface area contributed by atoms with Gasteiger partial charge in [-0.3, -0.25) is 5.43 Å². The van der Waals surface area contributed by atoms with Crippen LogP contribution in [-0.2, 0) is 0 Å². The molecule has 0 heterocycles. The number of methoxy groups -OCH3 is 1. The van der Waals surface area contributed by atoms with Gasteiger partial charge < -0.3 is 10.1 Å². The maximum Gasteiger partial charge on any atom is 0.210 e. The number of anilines is 1. The molecule has 20 heavy (non-hydrogen) atoms. The minimum absolute atomic E-state index is 0.376. The number of nitrogens with one attached hydrogen (secondary N) is 2. The summed E-state index contributed by atoms with van der Waals surface area (Å²) in [5.74, 6) is 7.05. The second-order valence-electron chi connectivity index (χ2n) is 5.22. The van der Waals surface area contributed by atoms with Gasteiger partial charge in [-0.25, -0.2) is 10.8 Å². The summed E-state index contributed by atoms with van der Waals surface area (Å²) in [6, 6.07) is 6.25. The number of nitrogens with two attached hydrogens (primary N) is 1. The van der Waals surface area contributed by atoms with Gasteiger partial charge in [0, 0.05) is 5.69 Å². The number of aryl methyl sites for hydroxylation is 1. The van der Waals surface area contributed by atoms with Crippen LogP contribution in [0, 0.1) is 6.92 Å². The number of nitrogens with zero attached hydrogens (tertiary/aromatic N) is 1. The third-order valence-electron chi connectivity index (χ3n) is 3.71. The van der Waals surface area contributed by atoms with Gasteiger partial charge >= 0.3 is 0 Å². The zero-order chi connectivity index (χ0) is 14.4. The van der Waals surface area contributed by atoms with Crippen LogP contribution in [0.3, 0.4) is 0 Å². The van der Waals surface area contributed by atoms with Crippen molar-refractivity contribution in [3.63, 3.8) is 0 Å². The van der Waals surface area contributed by atoms with Crippen LogP contribution < -0.4 is 21.3 Å². The van der Waals surface area contributed by atoms with Crippen LogP contribution in [-0.4, -0.2) is 19.1 Å². The SMILES string of the molecule is COc1ccc(NC(=NC2CCCCC2)NN)c(C)c1. The lowest BCUT2D eigenvalue weighted by molar-refractivity contribution is 0.414. The van der Waals surface area contributed by atoms with Crippen molar-refractivity contribution in [3.8, 4) is 5.75 Å². The van der Waals surface area contributed by atoms with Gasteiger partial charge in [0.15, 0.2) is 0 Å². The fraction of sp³-hybridized carbons (Fsp3) is 0.533. The van der Waals surface area contributed by atoms with Gasteiger partial charge in [0.05, 0.1) is 13.2 Å². The molecule has 0 radical (unpaired) electrons. The molecule has 0 spiro atoms. The van der Waals surface area contributed by atoms with Gasteiger partial charge in [-0.1, -0.05) is 19.3 Å². The molecule has 0 saturated heterocycles. The Morgan fingerprint density at radius 1 is 1.30 bits per heavy atom. The number of hydrogen-bond acceptors (Lipinski definition) is 3. The summed E-state index contributed by atoms with van der Waals surface area (Å²) in [4.78, 5) is 4.67. The van der Waals surface area contributed by atoms with Crippen LogP contribution in [0.2, 0.25) is 0 Å². The number of benzene rings is 1. The summed E-state index contributed by atoms with van der Waals surface area (Å²) in [5.41, 5.74) is 4.74. The second kappa shape index (κ2) is 7.14. The van der Waals surface area contributed by atoms with Gasteiger partial charge in [0.1, 0.15) is 5.75 Å². The first-order chi connectivity index (χ1) is 9.72. The Morgan fingerprint density at radius 3 is 2.65 bits per heavy atom. The van der Waals surface area contributed by atoms with E-state index < -0.39 is 0 Å². The van der Waals surface area contributed by atoms with Crippen LogP contribution in [0.1, 0.15) is 37.7 Å². The van der Waals surface area contributed by atoms with E-state index in [1.54, 1.807) is 7.11 Å². The molecule has 1 saturated carbocycles. The summed E-state index contributed by atoms with van der Waals surface area (Å²) >= 11 is 0. The zero-order valence-electron chi connectivity index (χ0n) is 12.3. The molecule has 110 valence electrons. The van der Waals surface area contributed by atoms with Gasteiger partial charge in [0.2, 0.25) is 5.96 Å². The number of aliphatic imine (C=N–C) groups is 1. The Labute approximate surface area is 120 Å². The van der Waals surface area contributed by atoms with E-state index in [-0.39, 0.29) is 0 Å². The van der Waals surface area contributed by atoms with Crippen molar-refractivity contribution in [1.29, 1.82) is 0 Å². The number of hydrazine groups is 1. The van der Waals surface area contributed by atoms with Crippen molar-refractivity contribution in [2.75, 3.05) is 12.4 Å². The molecule has 1 aromatic carbocycles. The average Bonchev–Trinajstić information content (AvgIpc) is 2.49. The second-order valence-corrected chi connectivity index (χ2v) is 5.22. The van der Waals surface area contributed by atoms with E-state index in [9.17, 15) is 0 Å². The first-order valence-corrected chi connectivity index (χ1v) is 7.19. The predicted molar refractivity (Wildman–Crippen MR) is 83.0 cm³/mol. The van der Waals surface area contributed by atoms with E-state index in [0.29, 0.717) is 12.0 Å². The molecule has 1 aromatic rings. The minimum atomic E-state index is 0.376. The van der Waals surface area contributed by atoms with Crippen LogP contribution in [0.25, 0.3) is 0 Å². The minimum Gasteiger partial charge on any atom is -0.497 e. The fourth-order valence-corrected chi connectivity index (χ4v) is 2.53. The summed E-state index contributed by atoms with van der Waals surface area (Å²) in [5, 5.41) is 3.25. The summed E-state index contributed by atoms with van der Waals surface area (Å²) in [6.07, 6.45) is 6.13. The average molecular weight is 276 g/mol. The van der Waals surface area contributed by atoms with Crippen molar-refractivity contribution in [1.82, 2.24) is 5.43 Å². The highest BCUT2D eigenvalue weighted by Crippen LogP contribution is 2.22. The Balaban J connectivity index is 2.07. The molecule has 0 bridgehead atoms. The molecule has 1 aliphatic rings. The Kier molecular flexibility index (Phi) is 5.24. The molecule has 2 rings (SSSR count). The molecule has 0 atom stereocenters. The molecule has 5 heteroatoms. The Hall–Kier alpha value is -1.75. The third-order valence-corrected chi connectivity index (χ3v) is 3.71. The lowest BCUT2D eigenvalue weighted by Crippen LogP contribution is -2.37. The van der Waals surface area contributed by atoms with Gasteiger partial charge in [0.25, 0.3) is 0 Å². The largest absolute Gasteiger partial charge is 0.497 e. The number of rotatable bonds is 3. The number of guanidine groups is 1. The standard InChI is InChI=1S/C15H24N4O/c1-11-10-13(20-2)8-9-14(11)18-15(19-16)17-12-6-4-3-5-7-12/h8-10,12H,3-7,16H2,1-2H3,(H2,17,18,19). The number of ether oxygens (including phenoxy) is 1. The normalized spacial score (nSPS) is 16.9. The van der Waals surface area contributed by atoms with Gasteiger partial charge in [-0.2, -0.15) is 0 Å². The summed E-state index contributed by atoms with van der Waals surface area (Å²) in [7, 11) is 1.67. The molecule has 5 nitrogen and oxygen atoms in total. The highest BCUT2D eigenvalue weighted by atomic mass is 16.5. The molecular formula is C15H24N4O. The first-order valence-electron chi connectivity index (χ1n) is 7.19. The third kappa shape index (κ3) is 3.87. The van der Waals surface area contributed by atoms with Crippen LogP contribution in [0.5, 0.6) is 5.75 Å². The Morgan fingerprint density at radius 2 is 2.05 bits per heavy atom. The van der Waals surface area contributed by atoms with Crippen LogP contribution >= 0.6 is 0 Å². The molecule has 0 aliphatic heterocycles. The first kappa shape index (κ1) is 14.7. The predicted octanol–water partition coefficient (Wildman–Crippen LogP) is 2.57. The van der Waals surface area contributed by atoms with Crippen molar-refractivity contribution < 1.29 is 4.74 Å². The molecule has 0 amide bonds. The fourth-order valence-electron chi connectivity index (χ4n) is 2.53.